The number of thioether (sulfide) groups is 1. The zero-order chi connectivity index (χ0) is 15.5. The van der Waals surface area contributed by atoms with E-state index in [2.05, 4.69) is 36.8 Å². The van der Waals surface area contributed by atoms with E-state index < -0.39 is 5.82 Å². The second kappa shape index (κ2) is 6.93. The maximum atomic E-state index is 13.6. The van der Waals surface area contributed by atoms with Gasteiger partial charge in [0.1, 0.15) is 5.82 Å². The Morgan fingerprint density at radius 2 is 2.27 bits per heavy atom. The molecule has 3 rings (SSSR count). The summed E-state index contributed by atoms with van der Waals surface area (Å²) < 4.78 is 15.0. The van der Waals surface area contributed by atoms with Crippen molar-refractivity contribution >= 4 is 55.8 Å². The molecule has 2 N–H and O–H groups in total. The number of nitrogens with one attached hydrogen (secondary N) is 2. The lowest BCUT2D eigenvalue weighted by molar-refractivity contribution is -0.113. The highest BCUT2D eigenvalue weighted by molar-refractivity contribution is 9.10. The van der Waals surface area contributed by atoms with E-state index in [9.17, 15) is 9.18 Å². The molecule has 5 nitrogen and oxygen atoms in total. The molecule has 0 unspecified atom stereocenters. The van der Waals surface area contributed by atoms with Gasteiger partial charge in [0.25, 0.3) is 0 Å². The second-order valence-corrected chi connectivity index (χ2v) is 7.87. The van der Waals surface area contributed by atoms with Crippen molar-refractivity contribution in [3.8, 4) is 0 Å². The van der Waals surface area contributed by atoms with Crippen LogP contribution in [0.3, 0.4) is 0 Å². The Morgan fingerprint density at radius 3 is 3.00 bits per heavy atom. The van der Waals surface area contributed by atoms with Gasteiger partial charge in [0.2, 0.25) is 11.0 Å². The Morgan fingerprint density at radius 1 is 1.45 bits per heavy atom. The third kappa shape index (κ3) is 4.40. The van der Waals surface area contributed by atoms with Crippen LogP contribution in [0.4, 0.5) is 15.2 Å². The van der Waals surface area contributed by atoms with Crippen molar-refractivity contribution < 1.29 is 9.18 Å². The molecule has 0 radical (unpaired) electrons. The van der Waals surface area contributed by atoms with E-state index in [1.165, 1.54) is 48.1 Å². The summed E-state index contributed by atoms with van der Waals surface area (Å²) in [6.45, 7) is 0. The standard InChI is InChI=1S/C13H12BrFN4OS2/c14-7-1-4-10(9(15)5-7)17-11(20)6-21-13-19-18-12(22-13)16-8-2-3-8/h1,4-5,8H,2-3,6H2,(H,16,18)(H,17,20). The van der Waals surface area contributed by atoms with Crippen LogP contribution in [0.5, 0.6) is 0 Å². The molecule has 1 aliphatic carbocycles. The van der Waals surface area contributed by atoms with E-state index in [0.29, 0.717) is 10.5 Å². The third-order valence-electron chi connectivity index (χ3n) is 2.84. The van der Waals surface area contributed by atoms with Crippen molar-refractivity contribution in [2.24, 2.45) is 0 Å². The Kier molecular flexibility index (Phi) is 4.94. The van der Waals surface area contributed by atoms with Gasteiger partial charge in [0.05, 0.1) is 11.4 Å². The highest BCUT2D eigenvalue weighted by atomic mass is 79.9. The Labute approximate surface area is 143 Å². The van der Waals surface area contributed by atoms with Crippen molar-refractivity contribution in [3.05, 3.63) is 28.5 Å². The van der Waals surface area contributed by atoms with Gasteiger partial charge in [-0.05, 0) is 31.0 Å². The quantitative estimate of drug-likeness (QED) is 0.720. The van der Waals surface area contributed by atoms with Gasteiger partial charge in [0, 0.05) is 10.5 Å². The largest absolute Gasteiger partial charge is 0.357 e. The lowest BCUT2D eigenvalue weighted by atomic mass is 10.3. The molecule has 1 aromatic carbocycles. The van der Waals surface area contributed by atoms with Gasteiger partial charge in [0.15, 0.2) is 4.34 Å². The highest BCUT2D eigenvalue weighted by Gasteiger charge is 2.22. The first kappa shape index (κ1) is 15.7. The summed E-state index contributed by atoms with van der Waals surface area (Å²) in [6, 6.07) is 5.02. The molecule has 1 fully saturated rings. The average molecular weight is 403 g/mol. The first-order valence-corrected chi connectivity index (χ1v) is 9.17. The molecule has 116 valence electrons. The predicted octanol–water partition coefficient (Wildman–Crippen LogP) is 3.74. The van der Waals surface area contributed by atoms with Crippen LogP contribution in [0.2, 0.25) is 0 Å². The van der Waals surface area contributed by atoms with Gasteiger partial charge in [-0.15, -0.1) is 10.2 Å². The fourth-order valence-corrected chi connectivity index (χ4v) is 3.60. The van der Waals surface area contributed by atoms with Gasteiger partial charge in [-0.25, -0.2) is 4.39 Å². The third-order valence-corrected chi connectivity index (χ3v) is 5.32. The summed E-state index contributed by atoms with van der Waals surface area (Å²) in [4.78, 5) is 11.8. The fraction of sp³-hybridized carbons (Fsp3) is 0.308. The van der Waals surface area contributed by atoms with Crippen LogP contribution in [0, 0.1) is 5.82 Å². The van der Waals surface area contributed by atoms with Crippen molar-refractivity contribution in [1.82, 2.24) is 10.2 Å². The number of aromatic nitrogens is 2. The van der Waals surface area contributed by atoms with Crippen molar-refractivity contribution in [3.63, 3.8) is 0 Å². The molecule has 0 atom stereocenters. The van der Waals surface area contributed by atoms with Crippen LogP contribution >= 0.6 is 39.0 Å². The topological polar surface area (TPSA) is 66.9 Å². The monoisotopic (exact) mass is 402 g/mol. The molecule has 0 spiro atoms. The molecule has 0 saturated heterocycles. The van der Waals surface area contributed by atoms with E-state index in [4.69, 9.17) is 0 Å². The maximum Gasteiger partial charge on any atom is 0.234 e. The first-order valence-electron chi connectivity index (χ1n) is 6.58. The molecule has 1 aromatic heterocycles. The van der Waals surface area contributed by atoms with Crippen LogP contribution in [0.1, 0.15) is 12.8 Å². The number of benzene rings is 1. The lowest BCUT2D eigenvalue weighted by Gasteiger charge is -2.05. The lowest BCUT2D eigenvalue weighted by Crippen LogP contribution is -2.14. The summed E-state index contributed by atoms with van der Waals surface area (Å²) in [5, 5.41) is 14.6. The summed E-state index contributed by atoms with van der Waals surface area (Å²) in [6.07, 6.45) is 2.34. The zero-order valence-corrected chi connectivity index (χ0v) is 14.5. The Bertz CT molecular complexity index is 692. The Balaban J connectivity index is 1.50. The van der Waals surface area contributed by atoms with Crippen LogP contribution in [-0.4, -0.2) is 27.9 Å². The number of anilines is 2. The molecule has 0 bridgehead atoms. The van der Waals surface area contributed by atoms with E-state index in [1.807, 2.05) is 0 Å². The first-order chi connectivity index (χ1) is 10.6. The SMILES string of the molecule is O=C(CSc1nnc(NC2CC2)s1)Nc1ccc(Br)cc1F. The average Bonchev–Trinajstić information content (AvgIpc) is 3.17. The number of hydrogen-bond donors (Lipinski definition) is 2. The van der Waals surface area contributed by atoms with Gasteiger partial charge < -0.3 is 10.6 Å². The molecular weight excluding hydrogens is 391 g/mol. The molecule has 1 saturated carbocycles. The van der Waals surface area contributed by atoms with E-state index in [0.717, 1.165) is 9.47 Å². The van der Waals surface area contributed by atoms with Crippen molar-refractivity contribution in [2.75, 3.05) is 16.4 Å². The molecule has 0 aliphatic heterocycles. The van der Waals surface area contributed by atoms with Crippen molar-refractivity contribution in [1.29, 1.82) is 0 Å². The fourth-order valence-electron chi connectivity index (χ4n) is 1.63. The zero-order valence-electron chi connectivity index (χ0n) is 11.3. The molecule has 2 aromatic rings. The van der Waals surface area contributed by atoms with Gasteiger partial charge in [-0.2, -0.15) is 0 Å². The molecular formula is C13H12BrFN4OS2. The minimum absolute atomic E-state index is 0.160. The van der Waals surface area contributed by atoms with Crippen LogP contribution in [0.15, 0.2) is 27.0 Å². The van der Waals surface area contributed by atoms with Gasteiger partial charge >= 0.3 is 0 Å². The minimum atomic E-state index is -0.473. The van der Waals surface area contributed by atoms with Crippen molar-refractivity contribution in [2.45, 2.75) is 23.2 Å². The number of nitrogens with zero attached hydrogens (tertiary/aromatic N) is 2. The second-order valence-electron chi connectivity index (χ2n) is 4.75. The molecule has 22 heavy (non-hydrogen) atoms. The number of amides is 1. The number of halogens is 2. The summed E-state index contributed by atoms with van der Waals surface area (Å²) in [5.74, 6) is -0.592. The number of hydrogen-bond acceptors (Lipinski definition) is 6. The molecule has 1 aliphatic rings. The molecule has 1 heterocycles. The summed E-state index contributed by atoms with van der Waals surface area (Å²) in [5.41, 5.74) is 0.169. The Hall–Kier alpha value is -1.19. The number of carbonyl (C=O) groups is 1. The molecule has 9 heteroatoms. The van der Waals surface area contributed by atoms with Crippen LogP contribution < -0.4 is 10.6 Å². The predicted molar refractivity (Wildman–Crippen MR) is 90.0 cm³/mol. The molecule has 1 amide bonds. The summed E-state index contributed by atoms with van der Waals surface area (Å²) >= 11 is 5.88. The van der Waals surface area contributed by atoms with Crippen LogP contribution in [0.25, 0.3) is 0 Å². The normalized spacial score (nSPS) is 13.9. The van der Waals surface area contributed by atoms with E-state index in [1.54, 1.807) is 6.07 Å². The minimum Gasteiger partial charge on any atom is -0.357 e. The van der Waals surface area contributed by atoms with E-state index in [-0.39, 0.29) is 17.3 Å². The van der Waals surface area contributed by atoms with E-state index >= 15 is 0 Å². The highest BCUT2D eigenvalue weighted by Crippen LogP contribution is 2.30. The smallest absolute Gasteiger partial charge is 0.234 e. The van der Waals surface area contributed by atoms with Crippen LogP contribution in [-0.2, 0) is 4.79 Å². The number of rotatable bonds is 6. The van der Waals surface area contributed by atoms with Gasteiger partial charge in [-0.1, -0.05) is 39.0 Å². The van der Waals surface area contributed by atoms with Gasteiger partial charge in [-0.3, -0.25) is 4.79 Å². The number of carbonyl (C=O) groups excluding carboxylic acids is 1. The maximum absolute atomic E-state index is 13.6. The summed E-state index contributed by atoms with van der Waals surface area (Å²) in [7, 11) is 0.